The number of aryl methyl sites for hydroxylation is 2. The summed E-state index contributed by atoms with van der Waals surface area (Å²) in [4.78, 5) is 11.6. The molecule has 1 aliphatic heterocycles. The second-order valence-electron chi connectivity index (χ2n) is 10.00. The van der Waals surface area contributed by atoms with Gasteiger partial charge in [0.25, 0.3) is 0 Å². The highest BCUT2D eigenvalue weighted by molar-refractivity contribution is 5.72. The van der Waals surface area contributed by atoms with Crippen LogP contribution >= 0.6 is 0 Å². The Labute approximate surface area is 210 Å². The Morgan fingerprint density at radius 3 is 2.69 bits per heavy atom. The Balaban J connectivity index is 1.21. The molecular weight excluding hydrogens is 454 g/mol. The number of pyridine rings is 1. The van der Waals surface area contributed by atoms with Crippen molar-refractivity contribution >= 4 is 23.1 Å². The summed E-state index contributed by atoms with van der Waals surface area (Å²) < 4.78 is 9.90. The monoisotopic (exact) mass is 487 g/mol. The number of anilines is 3. The summed E-state index contributed by atoms with van der Waals surface area (Å²) in [5.41, 5.74) is 3.88. The Bertz CT molecular complexity index is 1370. The van der Waals surface area contributed by atoms with E-state index < -0.39 is 0 Å². The average Bonchev–Trinajstić information content (AvgIpc) is 3.57. The van der Waals surface area contributed by atoms with E-state index in [9.17, 15) is 0 Å². The molecule has 1 atom stereocenters. The van der Waals surface area contributed by atoms with Crippen molar-refractivity contribution in [3.05, 3.63) is 42.4 Å². The minimum Gasteiger partial charge on any atom is -0.488 e. The van der Waals surface area contributed by atoms with Crippen LogP contribution in [0.3, 0.4) is 0 Å². The molecule has 2 aliphatic rings. The summed E-state index contributed by atoms with van der Waals surface area (Å²) >= 11 is 0. The van der Waals surface area contributed by atoms with Crippen molar-refractivity contribution in [3.63, 3.8) is 0 Å². The summed E-state index contributed by atoms with van der Waals surface area (Å²) in [6.07, 6.45) is 9.82. The van der Waals surface area contributed by atoms with E-state index in [1.165, 1.54) is 32.1 Å². The summed E-state index contributed by atoms with van der Waals surface area (Å²) in [6, 6.07) is 9.04. The largest absolute Gasteiger partial charge is 0.488 e. The fourth-order valence-electron chi connectivity index (χ4n) is 5.10. The molecule has 0 amide bonds. The quantitative estimate of drug-likeness (QED) is 0.385. The molecular formula is C26H33N9O. The van der Waals surface area contributed by atoms with E-state index in [0.717, 1.165) is 46.4 Å². The second-order valence-corrected chi connectivity index (χ2v) is 10.00. The zero-order chi connectivity index (χ0) is 24.6. The third-order valence-corrected chi connectivity index (χ3v) is 7.31. The molecule has 188 valence electrons. The zero-order valence-corrected chi connectivity index (χ0v) is 21.1. The maximum absolute atomic E-state index is 6.17. The maximum Gasteiger partial charge on any atom is 0.225 e. The first-order chi connectivity index (χ1) is 17.5. The summed E-state index contributed by atoms with van der Waals surface area (Å²) in [5, 5.41) is 16.0. The number of hydrogen-bond donors (Lipinski definition) is 2. The number of ether oxygens (including phenoxy) is 1. The maximum atomic E-state index is 6.17. The lowest BCUT2D eigenvalue weighted by atomic mass is 10.1. The van der Waals surface area contributed by atoms with Gasteiger partial charge in [-0.15, -0.1) is 0 Å². The van der Waals surface area contributed by atoms with E-state index in [2.05, 4.69) is 48.8 Å². The van der Waals surface area contributed by atoms with Gasteiger partial charge >= 0.3 is 0 Å². The predicted molar refractivity (Wildman–Crippen MR) is 140 cm³/mol. The smallest absolute Gasteiger partial charge is 0.225 e. The van der Waals surface area contributed by atoms with Gasteiger partial charge in [-0.3, -0.25) is 9.58 Å². The number of hydrogen-bond acceptors (Lipinski definition) is 8. The van der Waals surface area contributed by atoms with Crippen LogP contribution in [-0.2, 0) is 7.05 Å². The lowest BCUT2D eigenvalue weighted by molar-refractivity contribution is 0.0771. The Kier molecular flexibility index (Phi) is 5.96. The van der Waals surface area contributed by atoms with Crippen LogP contribution in [-0.4, -0.2) is 66.5 Å². The van der Waals surface area contributed by atoms with Crippen LogP contribution in [0.4, 0.5) is 17.6 Å². The summed E-state index contributed by atoms with van der Waals surface area (Å²) in [7, 11) is 4.08. The third kappa shape index (κ3) is 4.60. The van der Waals surface area contributed by atoms with Crippen LogP contribution in [0, 0.1) is 6.92 Å². The van der Waals surface area contributed by atoms with Crippen molar-refractivity contribution < 1.29 is 4.74 Å². The molecule has 0 bridgehead atoms. The summed E-state index contributed by atoms with van der Waals surface area (Å²) in [6.45, 7) is 3.79. The molecule has 1 saturated carbocycles. The van der Waals surface area contributed by atoms with Gasteiger partial charge in [-0.25, -0.2) is 9.50 Å². The Morgan fingerprint density at radius 1 is 1.06 bits per heavy atom. The van der Waals surface area contributed by atoms with Crippen molar-refractivity contribution in [2.45, 2.75) is 51.1 Å². The molecule has 2 fully saturated rings. The van der Waals surface area contributed by atoms with E-state index in [-0.39, 0.29) is 0 Å². The number of aromatic nitrogens is 6. The Hall–Kier alpha value is -3.66. The van der Waals surface area contributed by atoms with Gasteiger partial charge in [0.1, 0.15) is 18.1 Å². The van der Waals surface area contributed by atoms with Crippen molar-refractivity contribution in [2.24, 2.45) is 7.05 Å². The minimum atomic E-state index is 0.462. The molecule has 1 saturated heterocycles. The molecule has 4 aromatic rings. The molecule has 10 heteroatoms. The third-order valence-electron chi connectivity index (χ3n) is 7.31. The fourth-order valence-corrected chi connectivity index (χ4v) is 5.10. The number of likely N-dealkylation sites (tertiary alicyclic amines) is 1. The van der Waals surface area contributed by atoms with E-state index in [4.69, 9.17) is 4.74 Å². The predicted octanol–water partition coefficient (Wildman–Crippen LogP) is 4.01. The fraction of sp³-hybridized carbons (Fsp3) is 0.462. The van der Waals surface area contributed by atoms with E-state index in [1.54, 1.807) is 6.20 Å². The topological polar surface area (TPSA) is 97.4 Å². The highest BCUT2D eigenvalue weighted by Crippen LogP contribution is 2.31. The van der Waals surface area contributed by atoms with Gasteiger partial charge in [-0.2, -0.15) is 15.2 Å². The van der Waals surface area contributed by atoms with Crippen molar-refractivity contribution in [1.82, 2.24) is 34.3 Å². The first kappa shape index (κ1) is 22.8. The average molecular weight is 488 g/mol. The van der Waals surface area contributed by atoms with Crippen LogP contribution in [0.15, 0.2) is 36.7 Å². The van der Waals surface area contributed by atoms with Gasteiger partial charge < -0.3 is 15.4 Å². The molecule has 2 N–H and O–H groups in total. The van der Waals surface area contributed by atoms with Gasteiger partial charge in [-0.1, -0.05) is 12.8 Å². The van der Waals surface area contributed by atoms with E-state index in [1.807, 2.05) is 47.6 Å². The van der Waals surface area contributed by atoms with E-state index in [0.29, 0.717) is 24.6 Å². The van der Waals surface area contributed by atoms with Crippen LogP contribution in [0.25, 0.3) is 16.8 Å². The van der Waals surface area contributed by atoms with Crippen LogP contribution < -0.4 is 15.4 Å². The van der Waals surface area contributed by atoms with Crippen molar-refractivity contribution in [3.8, 4) is 17.0 Å². The van der Waals surface area contributed by atoms with E-state index >= 15 is 0 Å². The Morgan fingerprint density at radius 2 is 1.92 bits per heavy atom. The highest BCUT2D eigenvalue weighted by Gasteiger charge is 2.25. The molecule has 36 heavy (non-hydrogen) atoms. The number of likely N-dealkylation sites (N-methyl/N-ethyl adjacent to an activating group) is 1. The number of fused-ring (bicyclic) bond motifs is 1. The zero-order valence-electron chi connectivity index (χ0n) is 21.1. The molecule has 4 aromatic heterocycles. The van der Waals surface area contributed by atoms with Crippen molar-refractivity contribution in [1.29, 1.82) is 0 Å². The normalized spacial score (nSPS) is 18.5. The highest BCUT2D eigenvalue weighted by atomic mass is 16.5. The molecule has 0 spiro atoms. The molecule has 6 rings (SSSR count). The van der Waals surface area contributed by atoms with Crippen LogP contribution in [0.1, 0.15) is 37.8 Å². The van der Waals surface area contributed by atoms with Crippen LogP contribution in [0.2, 0.25) is 0 Å². The van der Waals surface area contributed by atoms with Gasteiger partial charge in [0, 0.05) is 48.7 Å². The lowest BCUT2D eigenvalue weighted by Crippen LogP contribution is -2.48. The molecule has 10 nitrogen and oxygen atoms in total. The first-order valence-corrected chi connectivity index (χ1v) is 12.8. The SMILES string of the molecule is Cc1cc(Nc2cc3cc(-c4c(OC[C@H]5CCN5C)cnn4C)ccn3n2)nc(NC2CCCC2)n1. The molecule has 5 heterocycles. The second kappa shape index (κ2) is 9.42. The number of nitrogens with zero attached hydrogens (tertiary/aromatic N) is 7. The standard InChI is InChI=1S/C26H33N9O/c1-17-12-23(31-26(28-17)29-19-6-4-5-7-19)30-24-14-21-13-18(8-11-35(21)32-24)25-22(15-27-34(25)3)36-16-20-9-10-33(20)2/h8,11-15,19-20H,4-7,9-10,16H2,1-3H3,(H2,28,29,30,31,32)/t20-/m1/s1. The molecule has 1 aliphatic carbocycles. The van der Waals surface area contributed by atoms with Crippen LogP contribution in [0.5, 0.6) is 5.75 Å². The van der Waals surface area contributed by atoms with Gasteiger partial charge in [0.15, 0.2) is 11.6 Å². The molecule has 0 unspecified atom stereocenters. The molecule has 0 radical (unpaired) electrons. The molecule has 0 aromatic carbocycles. The lowest BCUT2D eigenvalue weighted by Gasteiger charge is -2.37. The van der Waals surface area contributed by atoms with Gasteiger partial charge in [0.2, 0.25) is 5.95 Å². The van der Waals surface area contributed by atoms with Gasteiger partial charge in [0.05, 0.1) is 11.7 Å². The first-order valence-electron chi connectivity index (χ1n) is 12.8. The summed E-state index contributed by atoms with van der Waals surface area (Å²) in [5.74, 6) is 2.94. The van der Waals surface area contributed by atoms with Gasteiger partial charge in [-0.05, 0) is 51.9 Å². The van der Waals surface area contributed by atoms with Crippen molar-refractivity contribution in [2.75, 3.05) is 30.8 Å². The minimum absolute atomic E-state index is 0.462. The number of nitrogens with one attached hydrogen (secondary N) is 2. The number of rotatable bonds is 8.